The number of hydrogen-bond donors (Lipinski definition) is 0. The summed E-state index contributed by atoms with van der Waals surface area (Å²) in [7, 11) is 0. The van der Waals surface area contributed by atoms with E-state index in [4.69, 9.17) is 5.26 Å². The lowest BCUT2D eigenvalue weighted by atomic mass is 10.0. The number of carbonyl (C=O) groups is 1. The molecule has 1 unspecified atom stereocenters. The highest BCUT2D eigenvalue weighted by molar-refractivity contribution is 5.57. The molecule has 0 radical (unpaired) electrons. The molecule has 0 aromatic heterocycles. The Bertz CT molecular complexity index is 481. The van der Waals surface area contributed by atoms with Gasteiger partial charge in [0.15, 0.2) is 0 Å². The van der Waals surface area contributed by atoms with Gasteiger partial charge in [-0.05, 0) is 37.1 Å². The highest BCUT2D eigenvalue weighted by Crippen LogP contribution is 2.20. The van der Waals surface area contributed by atoms with E-state index in [2.05, 4.69) is 4.90 Å². The number of nitriles is 1. The van der Waals surface area contributed by atoms with Crippen molar-refractivity contribution in [3.63, 3.8) is 0 Å². The van der Waals surface area contributed by atoms with E-state index in [9.17, 15) is 9.18 Å². The highest BCUT2D eigenvalue weighted by Gasteiger charge is 2.22. The number of halogens is 1. The lowest BCUT2D eigenvalue weighted by molar-refractivity contribution is -0.113. The number of nitrogens with zero attached hydrogens (tertiary/aromatic N) is 2. The van der Waals surface area contributed by atoms with Gasteiger partial charge in [0, 0.05) is 6.54 Å². The monoisotopic (exact) mass is 246 g/mol. The second-order valence-electron chi connectivity index (χ2n) is 4.58. The van der Waals surface area contributed by atoms with Crippen molar-refractivity contribution in [1.82, 2.24) is 4.90 Å². The van der Waals surface area contributed by atoms with Gasteiger partial charge >= 0.3 is 0 Å². The van der Waals surface area contributed by atoms with Crippen LogP contribution in [-0.4, -0.2) is 23.8 Å². The molecule has 0 aliphatic carbocycles. The van der Waals surface area contributed by atoms with Gasteiger partial charge in [0.2, 0.25) is 0 Å². The van der Waals surface area contributed by atoms with Crippen LogP contribution in [0.4, 0.5) is 4.39 Å². The Morgan fingerprint density at radius 1 is 1.50 bits per heavy atom. The summed E-state index contributed by atoms with van der Waals surface area (Å²) in [5, 5.41) is 8.99. The van der Waals surface area contributed by atoms with Crippen molar-refractivity contribution in [3.05, 3.63) is 35.1 Å². The third-order valence-electron chi connectivity index (χ3n) is 3.39. The molecule has 0 spiro atoms. The van der Waals surface area contributed by atoms with E-state index in [0.29, 0.717) is 12.1 Å². The van der Waals surface area contributed by atoms with E-state index in [1.54, 1.807) is 6.07 Å². The van der Waals surface area contributed by atoms with Crippen LogP contribution in [0, 0.1) is 17.1 Å². The largest absolute Gasteiger partial charge is 0.302 e. The van der Waals surface area contributed by atoms with Gasteiger partial charge in [-0.25, -0.2) is 4.39 Å². The molecule has 0 N–H and O–H groups in total. The van der Waals surface area contributed by atoms with Crippen molar-refractivity contribution in [3.8, 4) is 6.07 Å². The molecule has 1 aromatic carbocycles. The third-order valence-corrected chi connectivity index (χ3v) is 3.39. The average Bonchev–Trinajstić information content (AvgIpc) is 2.41. The number of aldehydes is 1. The maximum Gasteiger partial charge on any atom is 0.137 e. The predicted octanol–water partition coefficient (Wildman–Crippen LogP) is 2.25. The van der Waals surface area contributed by atoms with E-state index in [-0.39, 0.29) is 6.04 Å². The Morgan fingerprint density at radius 3 is 3.06 bits per heavy atom. The Hall–Kier alpha value is -1.73. The zero-order valence-electron chi connectivity index (χ0n) is 10.1. The summed E-state index contributed by atoms with van der Waals surface area (Å²) in [6.45, 7) is 1.39. The van der Waals surface area contributed by atoms with Gasteiger partial charge in [-0.3, -0.25) is 4.90 Å². The van der Waals surface area contributed by atoms with Crippen molar-refractivity contribution in [2.24, 2.45) is 0 Å². The van der Waals surface area contributed by atoms with E-state index in [1.807, 2.05) is 6.07 Å². The second kappa shape index (κ2) is 5.74. The third kappa shape index (κ3) is 2.74. The molecular weight excluding hydrogens is 231 g/mol. The van der Waals surface area contributed by atoms with Crippen LogP contribution in [-0.2, 0) is 11.3 Å². The fourth-order valence-corrected chi connectivity index (χ4v) is 2.38. The Balaban J connectivity index is 2.18. The molecule has 1 aliphatic heterocycles. The van der Waals surface area contributed by atoms with Gasteiger partial charge in [-0.1, -0.05) is 12.5 Å². The van der Waals surface area contributed by atoms with Crippen LogP contribution in [0.25, 0.3) is 0 Å². The molecule has 18 heavy (non-hydrogen) atoms. The fraction of sp³-hybridized carbons (Fsp3) is 0.429. The zero-order valence-corrected chi connectivity index (χ0v) is 10.1. The SMILES string of the molecule is N#Cc1cc(F)ccc1CN1CCCCC1C=O. The number of rotatable bonds is 3. The standard InChI is InChI=1S/C14H15FN2O/c15-13-5-4-11(12(7-13)8-16)9-17-6-2-1-3-14(17)10-18/h4-5,7,10,14H,1-3,6,9H2. The summed E-state index contributed by atoms with van der Waals surface area (Å²) < 4.78 is 13.0. The first-order valence-corrected chi connectivity index (χ1v) is 6.12. The Labute approximate surface area is 106 Å². The molecule has 1 aromatic rings. The molecule has 1 aliphatic rings. The fourth-order valence-electron chi connectivity index (χ4n) is 2.38. The number of hydrogen-bond acceptors (Lipinski definition) is 3. The van der Waals surface area contributed by atoms with Crippen molar-refractivity contribution >= 4 is 6.29 Å². The first kappa shape index (κ1) is 12.7. The molecule has 1 fully saturated rings. The molecular formula is C14H15FN2O. The van der Waals surface area contributed by atoms with Crippen molar-refractivity contribution < 1.29 is 9.18 Å². The van der Waals surface area contributed by atoms with Gasteiger partial charge in [-0.2, -0.15) is 5.26 Å². The second-order valence-corrected chi connectivity index (χ2v) is 4.58. The van der Waals surface area contributed by atoms with Gasteiger partial charge in [0.1, 0.15) is 12.1 Å². The summed E-state index contributed by atoms with van der Waals surface area (Å²) in [6.07, 6.45) is 3.96. The quantitative estimate of drug-likeness (QED) is 0.768. The first-order valence-electron chi connectivity index (χ1n) is 6.12. The predicted molar refractivity (Wildman–Crippen MR) is 65.2 cm³/mol. The average molecular weight is 246 g/mol. The molecule has 0 amide bonds. The maximum atomic E-state index is 13.0. The lowest BCUT2D eigenvalue weighted by Crippen LogP contribution is -2.40. The minimum absolute atomic E-state index is 0.0738. The Kier molecular flexibility index (Phi) is 4.06. The van der Waals surface area contributed by atoms with Crippen molar-refractivity contribution in [2.45, 2.75) is 31.8 Å². The van der Waals surface area contributed by atoms with Crippen LogP contribution in [0.1, 0.15) is 30.4 Å². The van der Waals surface area contributed by atoms with Gasteiger partial charge in [0.25, 0.3) is 0 Å². The molecule has 0 saturated carbocycles. The van der Waals surface area contributed by atoms with Crippen LogP contribution in [0.5, 0.6) is 0 Å². The van der Waals surface area contributed by atoms with Gasteiger partial charge in [0.05, 0.1) is 17.7 Å². The maximum absolute atomic E-state index is 13.0. The molecule has 0 bridgehead atoms. The van der Waals surface area contributed by atoms with Gasteiger partial charge in [-0.15, -0.1) is 0 Å². The molecule has 2 rings (SSSR count). The molecule has 1 heterocycles. The van der Waals surface area contributed by atoms with Crippen molar-refractivity contribution in [2.75, 3.05) is 6.54 Å². The van der Waals surface area contributed by atoms with E-state index < -0.39 is 5.82 Å². The summed E-state index contributed by atoms with van der Waals surface area (Å²) in [4.78, 5) is 13.1. The summed E-state index contributed by atoms with van der Waals surface area (Å²) in [5.41, 5.74) is 1.14. The number of piperidine rings is 1. The van der Waals surface area contributed by atoms with Crippen LogP contribution in [0.15, 0.2) is 18.2 Å². The summed E-state index contributed by atoms with van der Waals surface area (Å²) in [5.74, 6) is -0.402. The van der Waals surface area contributed by atoms with Crippen LogP contribution < -0.4 is 0 Å². The summed E-state index contributed by atoms with van der Waals surface area (Å²) >= 11 is 0. The highest BCUT2D eigenvalue weighted by atomic mass is 19.1. The first-order chi connectivity index (χ1) is 8.74. The van der Waals surface area contributed by atoms with Crippen LogP contribution in [0.2, 0.25) is 0 Å². The summed E-state index contributed by atoms with van der Waals surface area (Å²) in [6, 6.07) is 6.16. The Morgan fingerprint density at radius 2 is 2.33 bits per heavy atom. The number of carbonyl (C=O) groups excluding carboxylic acids is 1. The molecule has 1 atom stereocenters. The zero-order chi connectivity index (χ0) is 13.0. The minimum Gasteiger partial charge on any atom is -0.302 e. The lowest BCUT2D eigenvalue weighted by Gasteiger charge is -2.32. The number of likely N-dealkylation sites (tertiary alicyclic amines) is 1. The molecule has 3 nitrogen and oxygen atoms in total. The normalized spacial score (nSPS) is 20.3. The topological polar surface area (TPSA) is 44.1 Å². The van der Waals surface area contributed by atoms with Gasteiger partial charge < -0.3 is 4.79 Å². The molecule has 1 saturated heterocycles. The minimum atomic E-state index is -0.402. The van der Waals surface area contributed by atoms with E-state index in [1.165, 1.54) is 12.1 Å². The number of benzene rings is 1. The smallest absolute Gasteiger partial charge is 0.137 e. The van der Waals surface area contributed by atoms with Crippen LogP contribution >= 0.6 is 0 Å². The van der Waals surface area contributed by atoms with Crippen molar-refractivity contribution in [1.29, 1.82) is 5.26 Å². The molecule has 4 heteroatoms. The van der Waals surface area contributed by atoms with E-state index in [0.717, 1.165) is 37.7 Å². The van der Waals surface area contributed by atoms with Crippen LogP contribution in [0.3, 0.4) is 0 Å². The molecule has 94 valence electrons. The van der Waals surface area contributed by atoms with E-state index >= 15 is 0 Å².